The lowest BCUT2D eigenvalue weighted by Gasteiger charge is -2.37. The number of hydrogen-bond acceptors (Lipinski definition) is 5. The van der Waals surface area contributed by atoms with E-state index in [4.69, 9.17) is 0 Å². The molecule has 1 atom stereocenters. The van der Waals surface area contributed by atoms with Crippen molar-refractivity contribution in [3.63, 3.8) is 0 Å². The topological polar surface area (TPSA) is 92.6 Å². The van der Waals surface area contributed by atoms with Crippen LogP contribution in [-0.2, 0) is 16.0 Å². The van der Waals surface area contributed by atoms with Crippen LogP contribution in [0.25, 0.3) is 0 Å². The third kappa shape index (κ3) is 4.40. The van der Waals surface area contributed by atoms with Crippen LogP contribution in [0.1, 0.15) is 43.9 Å². The van der Waals surface area contributed by atoms with Gasteiger partial charge in [-0.2, -0.15) is 0 Å². The van der Waals surface area contributed by atoms with Crippen LogP contribution in [0.15, 0.2) is 90.1 Å². The highest BCUT2D eigenvalue weighted by atomic mass is 16.6. The molecule has 0 unspecified atom stereocenters. The van der Waals surface area contributed by atoms with E-state index in [1.807, 2.05) is 54.6 Å². The highest BCUT2D eigenvalue weighted by Crippen LogP contribution is 2.48. The molecule has 0 spiro atoms. The zero-order valence-corrected chi connectivity index (χ0v) is 20.2. The molecule has 0 radical (unpaired) electrons. The third-order valence-electron chi connectivity index (χ3n) is 6.79. The number of nitro benzene ring substituents is 1. The normalized spacial score (nSPS) is 18.6. The Hall–Kier alpha value is -4.26. The number of carbonyl (C=O) groups excluding carboxylic acids is 2. The van der Waals surface area contributed by atoms with E-state index in [1.54, 1.807) is 17.0 Å². The predicted molar refractivity (Wildman–Crippen MR) is 139 cm³/mol. The standard InChI is InChI=1S/C29H27N3O4/c1-29(2)17-23-27(25(33)18-29)28(20-12-14-21(15-13-20)32(35)36)31(24-11-7-6-10-22(24)30-23)26(34)16-19-8-4-3-5-9-19/h3-15,28,30H,16-18H2,1-2H3/t28-/m1/s1. The van der Waals surface area contributed by atoms with Gasteiger partial charge in [0.05, 0.1) is 28.8 Å². The number of rotatable bonds is 4. The highest BCUT2D eigenvalue weighted by Gasteiger charge is 2.43. The molecule has 1 aliphatic carbocycles. The van der Waals surface area contributed by atoms with Crippen molar-refractivity contribution in [2.24, 2.45) is 5.41 Å². The Bertz CT molecular complexity index is 1380. The number of anilines is 2. The van der Waals surface area contributed by atoms with E-state index in [1.165, 1.54) is 12.1 Å². The summed E-state index contributed by atoms with van der Waals surface area (Å²) in [4.78, 5) is 40.2. The first-order valence-corrected chi connectivity index (χ1v) is 12.0. The molecule has 3 aromatic rings. The van der Waals surface area contributed by atoms with Crippen molar-refractivity contribution in [3.8, 4) is 0 Å². The number of non-ortho nitro benzene ring substituents is 1. The van der Waals surface area contributed by atoms with Gasteiger partial charge in [-0.25, -0.2) is 0 Å². The quantitative estimate of drug-likeness (QED) is 0.365. The van der Waals surface area contributed by atoms with Crippen molar-refractivity contribution in [1.29, 1.82) is 0 Å². The molecule has 0 saturated carbocycles. The molecule has 5 rings (SSSR count). The lowest BCUT2D eigenvalue weighted by atomic mass is 9.73. The number of ketones is 1. The highest BCUT2D eigenvalue weighted by molar-refractivity contribution is 6.06. The van der Waals surface area contributed by atoms with Gasteiger partial charge >= 0.3 is 0 Å². The molecule has 2 aliphatic rings. The average Bonchev–Trinajstić information content (AvgIpc) is 2.98. The molecule has 182 valence electrons. The van der Waals surface area contributed by atoms with Gasteiger partial charge in [-0.15, -0.1) is 0 Å². The fraction of sp³-hybridized carbons (Fsp3) is 0.241. The Morgan fingerprint density at radius 1 is 1.00 bits per heavy atom. The summed E-state index contributed by atoms with van der Waals surface area (Å²) >= 11 is 0. The minimum Gasteiger partial charge on any atom is -0.357 e. The van der Waals surface area contributed by atoms with Crippen molar-refractivity contribution < 1.29 is 14.5 Å². The van der Waals surface area contributed by atoms with Crippen molar-refractivity contribution in [3.05, 3.63) is 111 Å². The van der Waals surface area contributed by atoms with Crippen molar-refractivity contribution in [1.82, 2.24) is 0 Å². The van der Waals surface area contributed by atoms with Gasteiger partial charge in [0.15, 0.2) is 5.78 Å². The zero-order chi connectivity index (χ0) is 25.4. The molecule has 7 nitrogen and oxygen atoms in total. The zero-order valence-electron chi connectivity index (χ0n) is 20.2. The van der Waals surface area contributed by atoms with Crippen LogP contribution in [0.2, 0.25) is 0 Å². The maximum Gasteiger partial charge on any atom is 0.269 e. The van der Waals surface area contributed by atoms with Gasteiger partial charge in [0.1, 0.15) is 0 Å². The Morgan fingerprint density at radius 3 is 2.36 bits per heavy atom. The van der Waals surface area contributed by atoms with Gasteiger partial charge in [0.25, 0.3) is 5.69 Å². The van der Waals surface area contributed by atoms with Gasteiger partial charge < -0.3 is 5.32 Å². The van der Waals surface area contributed by atoms with Crippen molar-refractivity contribution >= 4 is 28.8 Å². The predicted octanol–water partition coefficient (Wildman–Crippen LogP) is 5.98. The molecule has 1 amide bonds. The van der Waals surface area contributed by atoms with E-state index in [0.29, 0.717) is 29.7 Å². The first-order valence-electron chi connectivity index (χ1n) is 12.0. The van der Waals surface area contributed by atoms with E-state index < -0.39 is 11.0 Å². The molecule has 0 saturated heterocycles. The molecule has 3 aromatic carbocycles. The number of benzene rings is 3. The maximum absolute atomic E-state index is 14.0. The maximum atomic E-state index is 14.0. The number of fused-ring (bicyclic) bond motifs is 1. The summed E-state index contributed by atoms with van der Waals surface area (Å²) in [6, 6.07) is 22.5. The van der Waals surface area contributed by atoms with Crippen LogP contribution in [0, 0.1) is 15.5 Å². The van der Waals surface area contributed by atoms with Gasteiger partial charge in [0, 0.05) is 29.8 Å². The van der Waals surface area contributed by atoms with E-state index in [2.05, 4.69) is 19.2 Å². The smallest absolute Gasteiger partial charge is 0.269 e. The van der Waals surface area contributed by atoms with Crippen LogP contribution in [0.5, 0.6) is 0 Å². The molecular weight excluding hydrogens is 454 g/mol. The molecular formula is C29H27N3O4. The number of amides is 1. The molecule has 7 heteroatoms. The Labute approximate surface area is 209 Å². The summed E-state index contributed by atoms with van der Waals surface area (Å²) in [6.07, 6.45) is 1.15. The molecule has 1 aliphatic heterocycles. The lowest BCUT2D eigenvalue weighted by molar-refractivity contribution is -0.384. The largest absolute Gasteiger partial charge is 0.357 e. The summed E-state index contributed by atoms with van der Waals surface area (Å²) in [5.41, 5.74) is 4.00. The molecule has 0 fully saturated rings. The second-order valence-corrected chi connectivity index (χ2v) is 10.2. The third-order valence-corrected chi connectivity index (χ3v) is 6.79. The van der Waals surface area contributed by atoms with Crippen LogP contribution in [-0.4, -0.2) is 16.6 Å². The number of allylic oxidation sites excluding steroid dienone is 1. The fourth-order valence-corrected chi connectivity index (χ4v) is 5.21. The van der Waals surface area contributed by atoms with Gasteiger partial charge in [-0.1, -0.05) is 56.3 Å². The first-order chi connectivity index (χ1) is 17.2. The first kappa shape index (κ1) is 23.5. The summed E-state index contributed by atoms with van der Waals surface area (Å²) in [5.74, 6) is -0.187. The second-order valence-electron chi connectivity index (χ2n) is 10.2. The summed E-state index contributed by atoms with van der Waals surface area (Å²) < 4.78 is 0. The Kier molecular flexibility index (Phi) is 5.92. The molecule has 1 heterocycles. The van der Waals surface area contributed by atoms with Crippen LogP contribution < -0.4 is 10.2 Å². The van der Waals surface area contributed by atoms with E-state index in [-0.39, 0.29) is 29.2 Å². The number of hydrogen-bond donors (Lipinski definition) is 1. The summed E-state index contributed by atoms with van der Waals surface area (Å²) in [6.45, 7) is 4.12. The number of nitrogens with zero attached hydrogens (tertiary/aromatic N) is 2. The average molecular weight is 482 g/mol. The molecule has 0 aromatic heterocycles. The molecule has 1 N–H and O–H groups in total. The Balaban J connectivity index is 1.72. The minimum absolute atomic E-state index is 0.0255. The van der Waals surface area contributed by atoms with Crippen molar-refractivity contribution in [2.75, 3.05) is 10.2 Å². The van der Waals surface area contributed by atoms with Crippen LogP contribution in [0.3, 0.4) is 0 Å². The lowest BCUT2D eigenvalue weighted by Crippen LogP contribution is -2.40. The van der Waals surface area contributed by atoms with E-state index >= 15 is 0 Å². The monoisotopic (exact) mass is 481 g/mol. The molecule has 0 bridgehead atoms. The number of para-hydroxylation sites is 2. The minimum atomic E-state index is -0.711. The number of nitrogens with one attached hydrogen (secondary N) is 1. The number of nitro groups is 1. The number of carbonyl (C=O) groups is 2. The summed E-state index contributed by atoms with van der Waals surface area (Å²) in [7, 11) is 0. The van der Waals surface area contributed by atoms with E-state index in [0.717, 1.165) is 16.9 Å². The van der Waals surface area contributed by atoms with Gasteiger partial charge in [-0.3, -0.25) is 24.6 Å². The van der Waals surface area contributed by atoms with Gasteiger partial charge in [0.2, 0.25) is 5.91 Å². The molecule has 36 heavy (non-hydrogen) atoms. The van der Waals surface area contributed by atoms with Crippen molar-refractivity contribution in [2.45, 2.75) is 39.2 Å². The SMILES string of the molecule is CC1(C)CC(=O)C2=C(C1)Nc1ccccc1N(C(=O)Cc1ccccc1)[C@@H]2c1ccc([N+](=O)[O-])cc1. The summed E-state index contributed by atoms with van der Waals surface area (Å²) in [5, 5.41) is 14.8. The van der Waals surface area contributed by atoms with E-state index in [9.17, 15) is 19.7 Å². The van der Waals surface area contributed by atoms with Gasteiger partial charge in [-0.05, 0) is 47.2 Å². The fourth-order valence-electron chi connectivity index (χ4n) is 5.21. The van der Waals surface area contributed by atoms with Crippen LogP contribution >= 0.6 is 0 Å². The Morgan fingerprint density at radius 2 is 1.67 bits per heavy atom. The van der Waals surface area contributed by atoms with Crippen LogP contribution in [0.4, 0.5) is 17.1 Å². The second kappa shape index (κ2) is 9.07. The number of Topliss-reactive ketones (excluding diaryl/α,β-unsaturated/α-hetero) is 1.